The van der Waals surface area contributed by atoms with Gasteiger partial charge in [-0.25, -0.2) is 14.8 Å². The van der Waals surface area contributed by atoms with Crippen molar-refractivity contribution in [3.8, 4) is 11.5 Å². The third kappa shape index (κ3) is 6.39. The van der Waals surface area contributed by atoms with Crippen LogP contribution in [0.3, 0.4) is 0 Å². The van der Waals surface area contributed by atoms with Crippen LogP contribution in [-0.4, -0.2) is 28.6 Å². The quantitative estimate of drug-likeness (QED) is 0.422. The SMILES string of the molecule is Cc1ncnc2c(OCCCCCC(=O)Nc3ccccc3OC(N)=O)cc(Br)cc12. The number of amides is 2. The van der Waals surface area contributed by atoms with Crippen LogP contribution < -0.4 is 20.5 Å². The number of aryl methyl sites for hydroxylation is 1. The number of primary amides is 1. The summed E-state index contributed by atoms with van der Waals surface area (Å²) >= 11 is 3.50. The topological polar surface area (TPSA) is 116 Å². The number of benzene rings is 2. The van der Waals surface area contributed by atoms with Crippen LogP contribution in [0.4, 0.5) is 10.5 Å². The number of aromatic nitrogens is 2. The van der Waals surface area contributed by atoms with Crippen LogP contribution in [0.5, 0.6) is 11.5 Å². The van der Waals surface area contributed by atoms with E-state index in [9.17, 15) is 9.59 Å². The lowest BCUT2D eigenvalue weighted by molar-refractivity contribution is -0.116. The van der Waals surface area contributed by atoms with Gasteiger partial charge in [0.25, 0.3) is 0 Å². The normalized spacial score (nSPS) is 10.6. The molecule has 8 nitrogen and oxygen atoms in total. The van der Waals surface area contributed by atoms with Crippen molar-refractivity contribution < 1.29 is 19.1 Å². The number of nitrogens with two attached hydrogens (primary N) is 1. The Balaban J connectivity index is 1.43. The number of ether oxygens (including phenoxy) is 2. The molecule has 0 aliphatic rings. The monoisotopic (exact) mass is 486 g/mol. The van der Waals surface area contributed by atoms with Crippen molar-refractivity contribution in [1.29, 1.82) is 0 Å². The first-order valence-corrected chi connectivity index (χ1v) is 10.6. The van der Waals surface area contributed by atoms with Crippen molar-refractivity contribution in [3.63, 3.8) is 0 Å². The Morgan fingerprint density at radius 3 is 2.71 bits per heavy atom. The Morgan fingerprint density at radius 1 is 1.10 bits per heavy atom. The molecule has 1 aromatic heterocycles. The van der Waals surface area contributed by atoms with Crippen molar-refractivity contribution in [2.45, 2.75) is 32.6 Å². The fourth-order valence-electron chi connectivity index (χ4n) is 3.06. The summed E-state index contributed by atoms with van der Waals surface area (Å²) in [7, 11) is 0. The molecule has 1 heterocycles. The molecule has 0 aliphatic heterocycles. The number of rotatable bonds is 9. The third-order valence-electron chi connectivity index (χ3n) is 4.55. The van der Waals surface area contributed by atoms with Gasteiger partial charge < -0.3 is 20.5 Å². The minimum atomic E-state index is -0.929. The number of unbranched alkanes of at least 4 members (excludes halogenated alkanes) is 2. The van der Waals surface area contributed by atoms with Crippen molar-refractivity contribution >= 4 is 44.5 Å². The van der Waals surface area contributed by atoms with Gasteiger partial charge in [0.05, 0.1) is 12.3 Å². The smallest absolute Gasteiger partial charge is 0.410 e. The van der Waals surface area contributed by atoms with Gasteiger partial charge in [-0.15, -0.1) is 0 Å². The molecule has 0 atom stereocenters. The summed E-state index contributed by atoms with van der Waals surface area (Å²) in [5, 5.41) is 3.69. The second-order valence-corrected chi connectivity index (χ2v) is 7.80. The summed E-state index contributed by atoms with van der Waals surface area (Å²) in [6.45, 7) is 2.45. The highest BCUT2D eigenvalue weighted by atomic mass is 79.9. The van der Waals surface area contributed by atoms with E-state index in [1.54, 1.807) is 24.3 Å². The molecule has 3 aromatic rings. The molecule has 3 rings (SSSR count). The molecule has 9 heteroatoms. The maximum atomic E-state index is 12.2. The number of halogens is 1. The fourth-order valence-corrected chi connectivity index (χ4v) is 3.50. The molecule has 0 spiro atoms. The highest BCUT2D eigenvalue weighted by Gasteiger charge is 2.10. The first-order valence-electron chi connectivity index (χ1n) is 9.84. The molecule has 0 bridgehead atoms. The third-order valence-corrected chi connectivity index (χ3v) is 5.00. The minimum absolute atomic E-state index is 0.161. The summed E-state index contributed by atoms with van der Waals surface area (Å²) in [4.78, 5) is 31.7. The number of hydrogen-bond acceptors (Lipinski definition) is 6. The Bertz CT molecular complexity index is 1090. The molecular weight excluding hydrogens is 464 g/mol. The maximum Gasteiger partial charge on any atom is 0.410 e. The van der Waals surface area contributed by atoms with Crippen LogP contribution in [0, 0.1) is 6.92 Å². The van der Waals surface area contributed by atoms with Gasteiger partial charge in [-0.05, 0) is 50.5 Å². The van der Waals surface area contributed by atoms with Crippen LogP contribution in [0.1, 0.15) is 31.4 Å². The Hall–Kier alpha value is -3.20. The van der Waals surface area contributed by atoms with Crippen LogP contribution >= 0.6 is 15.9 Å². The molecule has 0 fully saturated rings. The summed E-state index contributed by atoms with van der Waals surface area (Å²) in [6.07, 6.45) is 3.27. The fraction of sp³-hybridized carbons (Fsp3) is 0.273. The van der Waals surface area contributed by atoms with Gasteiger partial charge in [0.1, 0.15) is 17.6 Å². The number of carbonyl (C=O) groups is 2. The molecule has 162 valence electrons. The van der Waals surface area contributed by atoms with Crippen LogP contribution in [-0.2, 0) is 4.79 Å². The van der Waals surface area contributed by atoms with Gasteiger partial charge in [0, 0.05) is 22.0 Å². The number of nitrogens with one attached hydrogen (secondary N) is 1. The molecule has 0 saturated carbocycles. The van der Waals surface area contributed by atoms with Gasteiger partial charge in [-0.3, -0.25) is 4.79 Å². The van der Waals surface area contributed by atoms with Gasteiger partial charge in [0.2, 0.25) is 5.91 Å². The number of carbonyl (C=O) groups excluding carboxylic acids is 2. The Labute approximate surface area is 188 Å². The standard InChI is InChI=1S/C22H23BrN4O4/c1-14-16-11-15(23)12-19(21(16)26-13-25-14)30-10-6-2-3-9-20(28)27-17-7-4-5-8-18(17)31-22(24)29/h4-5,7-8,11-13H,2-3,6,9-10H2,1H3,(H2,24,29)(H,27,28). The van der Waals surface area contributed by atoms with Gasteiger partial charge in [0.15, 0.2) is 5.75 Å². The molecule has 0 unspecified atom stereocenters. The van der Waals surface area contributed by atoms with Crippen molar-refractivity contribution in [1.82, 2.24) is 9.97 Å². The van der Waals surface area contributed by atoms with Crippen LogP contribution in [0.25, 0.3) is 10.9 Å². The second-order valence-electron chi connectivity index (χ2n) is 6.88. The van der Waals surface area contributed by atoms with Gasteiger partial charge in [-0.1, -0.05) is 28.1 Å². The average molecular weight is 487 g/mol. The van der Waals surface area contributed by atoms with E-state index in [0.717, 1.165) is 33.9 Å². The molecule has 31 heavy (non-hydrogen) atoms. The highest BCUT2D eigenvalue weighted by molar-refractivity contribution is 9.10. The first kappa shape index (κ1) is 22.5. The maximum absolute atomic E-state index is 12.2. The van der Waals surface area contributed by atoms with E-state index in [4.69, 9.17) is 15.2 Å². The van der Waals surface area contributed by atoms with Gasteiger partial charge >= 0.3 is 6.09 Å². The molecular formula is C22H23BrN4O4. The number of hydrogen-bond donors (Lipinski definition) is 2. The Morgan fingerprint density at radius 2 is 1.90 bits per heavy atom. The number of para-hydroxylation sites is 2. The molecule has 3 N–H and O–H groups in total. The predicted octanol–water partition coefficient (Wildman–Crippen LogP) is 4.74. The van der Waals surface area contributed by atoms with E-state index >= 15 is 0 Å². The predicted molar refractivity (Wildman–Crippen MR) is 121 cm³/mol. The van der Waals surface area contributed by atoms with E-state index in [-0.39, 0.29) is 11.7 Å². The zero-order chi connectivity index (χ0) is 22.2. The lowest BCUT2D eigenvalue weighted by Gasteiger charge is -2.11. The number of nitrogens with zero attached hydrogens (tertiary/aromatic N) is 2. The largest absolute Gasteiger partial charge is 0.491 e. The number of fused-ring (bicyclic) bond motifs is 1. The summed E-state index contributed by atoms with van der Waals surface area (Å²) in [5.41, 5.74) is 7.13. The molecule has 0 saturated heterocycles. The zero-order valence-corrected chi connectivity index (χ0v) is 18.6. The molecule has 2 amide bonds. The first-order chi connectivity index (χ1) is 14.9. The average Bonchev–Trinajstić information content (AvgIpc) is 2.72. The van der Waals surface area contributed by atoms with E-state index in [1.807, 2.05) is 19.1 Å². The van der Waals surface area contributed by atoms with E-state index in [0.29, 0.717) is 30.9 Å². The van der Waals surface area contributed by atoms with Crippen molar-refractivity contribution in [2.24, 2.45) is 5.73 Å². The van der Waals surface area contributed by atoms with Gasteiger partial charge in [-0.2, -0.15) is 0 Å². The summed E-state index contributed by atoms with van der Waals surface area (Å²) < 4.78 is 11.7. The van der Waals surface area contributed by atoms with E-state index < -0.39 is 6.09 Å². The minimum Gasteiger partial charge on any atom is -0.491 e. The number of anilines is 1. The lowest BCUT2D eigenvalue weighted by Crippen LogP contribution is -2.18. The summed E-state index contributed by atoms with van der Waals surface area (Å²) in [6, 6.07) is 10.5. The second kappa shape index (κ2) is 10.7. The Kier molecular flexibility index (Phi) is 7.77. The highest BCUT2D eigenvalue weighted by Crippen LogP contribution is 2.30. The zero-order valence-electron chi connectivity index (χ0n) is 17.1. The van der Waals surface area contributed by atoms with Crippen molar-refractivity contribution in [2.75, 3.05) is 11.9 Å². The molecule has 0 aliphatic carbocycles. The van der Waals surface area contributed by atoms with Crippen LogP contribution in [0.2, 0.25) is 0 Å². The van der Waals surface area contributed by atoms with E-state index in [2.05, 4.69) is 31.2 Å². The molecule has 2 aromatic carbocycles. The molecule has 0 radical (unpaired) electrons. The van der Waals surface area contributed by atoms with E-state index in [1.165, 1.54) is 6.33 Å². The summed E-state index contributed by atoms with van der Waals surface area (Å²) in [5.74, 6) is 0.766. The van der Waals surface area contributed by atoms with Crippen molar-refractivity contribution in [3.05, 3.63) is 52.9 Å². The van der Waals surface area contributed by atoms with Crippen LogP contribution in [0.15, 0.2) is 47.2 Å². The lowest BCUT2D eigenvalue weighted by atomic mass is 10.1.